The number of non-ortho nitro benzene ring substituents is 1. The second kappa shape index (κ2) is 6.63. The molecule has 4 nitrogen and oxygen atoms in total. The first kappa shape index (κ1) is 14.7. The van der Waals surface area contributed by atoms with Gasteiger partial charge in [-0.15, -0.1) is 0 Å². The Balaban J connectivity index is 1.94. The van der Waals surface area contributed by atoms with Crippen LogP contribution in [-0.2, 0) is 6.54 Å². The van der Waals surface area contributed by atoms with Crippen LogP contribution in [0.5, 0.6) is 0 Å². The Morgan fingerprint density at radius 1 is 1.15 bits per heavy atom. The molecule has 1 atom stereocenters. The fraction of sp³-hybridized carbons (Fsp3) is 0.200. The highest BCUT2D eigenvalue weighted by atomic mass is 79.9. The largest absolute Gasteiger partial charge is 0.306 e. The first-order valence-corrected chi connectivity index (χ1v) is 7.08. The van der Waals surface area contributed by atoms with E-state index in [4.69, 9.17) is 0 Å². The van der Waals surface area contributed by atoms with Gasteiger partial charge < -0.3 is 5.32 Å². The van der Waals surface area contributed by atoms with Gasteiger partial charge in [-0.25, -0.2) is 0 Å². The molecule has 2 aromatic rings. The molecule has 104 valence electrons. The van der Waals surface area contributed by atoms with E-state index in [2.05, 4.69) is 40.3 Å². The molecule has 5 heteroatoms. The number of nitrogens with one attached hydrogen (secondary N) is 1. The van der Waals surface area contributed by atoms with Crippen molar-refractivity contribution in [3.05, 3.63) is 74.2 Å². The standard InChI is InChI=1S/C15H15BrN2O2/c1-11(13-4-6-14(16)7-5-13)17-10-12-2-8-15(9-3-12)18(19)20/h2-9,11,17H,10H2,1H3/t11-/m0/s1. The van der Waals surface area contributed by atoms with Crippen molar-refractivity contribution >= 4 is 21.6 Å². The third kappa shape index (κ3) is 3.88. The van der Waals surface area contributed by atoms with Crippen LogP contribution in [-0.4, -0.2) is 4.92 Å². The van der Waals surface area contributed by atoms with Crippen LogP contribution < -0.4 is 5.32 Å². The van der Waals surface area contributed by atoms with Crippen LogP contribution in [0.4, 0.5) is 5.69 Å². The number of nitro groups is 1. The van der Waals surface area contributed by atoms with Crippen LogP contribution in [0.1, 0.15) is 24.1 Å². The molecule has 0 saturated carbocycles. The van der Waals surface area contributed by atoms with Crippen molar-refractivity contribution in [2.45, 2.75) is 19.5 Å². The minimum Gasteiger partial charge on any atom is -0.306 e. The van der Waals surface area contributed by atoms with E-state index >= 15 is 0 Å². The van der Waals surface area contributed by atoms with Gasteiger partial charge in [-0.1, -0.05) is 40.2 Å². The fourth-order valence-corrected chi connectivity index (χ4v) is 2.14. The van der Waals surface area contributed by atoms with Crippen LogP contribution in [0.2, 0.25) is 0 Å². The molecule has 0 bridgehead atoms. The van der Waals surface area contributed by atoms with Crippen LogP contribution in [0.25, 0.3) is 0 Å². The minimum atomic E-state index is -0.387. The highest BCUT2D eigenvalue weighted by Crippen LogP contribution is 2.17. The van der Waals surface area contributed by atoms with E-state index in [9.17, 15) is 10.1 Å². The van der Waals surface area contributed by atoms with Crippen LogP contribution >= 0.6 is 15.9 Å². The maximum Gasteiger partial charge on any atom is 0.269 e. The van der Waals surface area contributed by atoms with Gasteiger partial charge in [0, 0.05) is 29.2 Å². The van der Waals surface area contributed by atoms with Gasteiger partial charge in [0.15, 0.2) is 0 Å². The highest BCUT2D eigenvalue weighted by molar-refractivity contribution is 9.10. The monoisotopic (exact) mass is 334 g/mol. The first-order chi connectivity index (χ1) is 9.56. The van der Waals surface area contributed by atoms with Crippen molar-refractivity contribution in [2.75, 3.05) is 0 Å². The van der Waals surface area contributed by atoms with Crippen molar-refractivity contribution in [1.29, 1.82) is 0 Å². The quantitative estimate of drug-likeness (QED) is 0.658. The van der Waals surface area contributed by atoms with Gasteiger partial charge in [-0.05, 0) is 30.2 Å². The van der Waals surface area contributed by atoms with Crippen molar-refractivity contribution in [2.24, 2.45) is 0 Å². The lowest BCUT2D eigenvalue weighted by Gasteiger charge is -2.14. The lowest BCUT2D eigenvalue weighted by molar-refractivity contribution is -0.384. The van der Waals surface area contributed by atoms with E-state index in [0.717, 1.165) is 10.0 Å². The van der Waals surface area contributed by atoms with Gasteiger partial charge in [0.25, 0.3) is 5.69 Å². The van der Waals surface area contributed by atoms with Crippen LogP contribution in [0.15, 0.2) is 53.0 Å². The van der Waals surface area contributed by atoms with Gasteiger partial charge in [0.2, 0.25) is 0 Å². The Kier molecular flexibility index (Phi) is 4.87. The summed E-state index contributed by atoms with van der Waals surface area (Å²) in [5.41, 5.74) is 2.35. The zero-order chi connectivity index (χ0) is 14.5. The normalized spacial score (nSPS) is 12.1. The molecular formula is C15H15BrN2O2. The molecular weight excluding hydrogens is 320 g/mol. The molecule has 0 radical (unpaired) electrons. The summed E-state index contributed by atoms with van der Waals surface area (Å²) in [6.45, 7) is 2.77. The number of halogens is 1. The third-order valence-corrected chi connectivity index (χ3v) is 3.66. The first-order valence-electron chi connectivity index (χ1n) is 6.28. The fourth-order valence-electron chi connectivity index (χ4n) is 1.88. The van der Waals surface area contributed by atoms with E-state index in [1.165, 1.54) is 17.7 Å². The number of hydrogen-bond donors (Lipinski definition) is 1. The summed E-state index contributed by atoms with van der Waals surface area (Å²) >= 11 is 3.41. The number of rotatable bonds is 5. The summed E-state index contributed by atoms with van der Waals surface area (Å²) in [5.74, 6) is 0. The number of nitro benzene ring substituents is 1. The topological polar surface area (TPSA) is 55.2 Å². The molecule has 0 unspecified atom stereocenters. The average Bonchev–Trinajstić information content (AvgIpc) is 2.46. The molecule has 0 saturated heterocycles. The predicted molar refractivity (Wildman–Crippen MR) is 82.5 cm³/mol. The molecule has 0 fully saturated rings. The zero-order valence-corrected chi connectivity index (χ0v) is 12.6. The Hall–Kier alpha value is -1.72. The van der Waals surface area contributed by atoms with Gasteiger partial charge >= 0.3 is 0 Å². The van der Waals surface area contributed by atoms with Crippen LogP contribution in [0, 0.1) is 10.1 Å². The molecule has 1 N–H and O–H groups in total. The Morgan fingerprint density at radius 2 is 1.75 bits per heavy atom. The summed E-state index contributed by atoms with van der Waals surface area (Å²) < 4.78 is 1.06. The van der Waals surface area contributed by atoms with Crippen molar-refractivity contribution in [1.82, 2.24) is 5.32 Å². The van der Waals surface area contributed by atoms with Gasteiger partial charge in [0.05, 0.1) is 4.92 Å². The van der Waals surface area contributed by atoms with Gasteiger partial charge in [0.1, 0.15) is 0 Å². The second-order valence-electron chi connectivity index (χ2n) is 4.58. The molecule has 0 aliphatic heterocycles. The van der Waals surface area contributed by atoms with Crippen molar-refractivity contribution in [3.8, 4) is 0 Å². The Bertz CT molecular complexity index is 582. The number of nitrogens with zero attached hydrogens (tertiary/aromatic N) is 1. The molecule has 0 aliphatic carbocycles. The summed E-state index contributed by atoms with van der Waals surface area (Å²) in [7, 11) is 0. The molecule has 0 heterocycles. The van der Waals surface area contributed by atoms with Crippen molar-refractivity contribution in [3.63, 3.8) is 0 Å². The maximum absolute atomic E-state index is 10.6. The highest BCUT2D eigenvalue weighted by Gasteiger charge is 2.06. The molecule has 0 aromatic heterocycles. The summed E-state index contributed by atoms with van der Waals surface area (Å²) in [4.78, 5) is 10.2. The predicted octanol–water partition coefficient (Wildman–Crippen LogP) is 4.21. The number of hydrogen-bond acceptors (Lipinski definition) is 3. The Morgan fingerprint density at radius 3 is 2.30 bits per heavy atom. The second-order valence-corrected chi connectivity index (χ2v) is 5.49. The van der Waals surface area contributed by atoms with Gasteiger partial charge in [-0.2, -0.15) is 0 Å². The molecule has 20 heavy (non-hydrogen) atoms. The Labute approximate surface area is 126 Å². The average molecular weight is 335 g/mol. The maximum atomic E-state index is 10.6. The number of benzene rings is 2. The molecule has 0 aliphatic rings. The zero-order valence-electron chi connectivity index (χ0n) is 11.0. The van der Waals surface area contributed by atoms with Gasteiger partial charge in [-0.3, -0.25) is 10.1 Å². The lowest BCUT2D eigenvalue weighted by atomic mass is 10.1. The third-order valence-electron chi connectivity index (χ3n) is 3.13. The lowest BCUT2D eigenvalue weighted by Crippen LogP contribution is -2.17. The molecule has 2 aromatic carbocycles. The van der Waals surface area contributed by atoms with E-state index in [1.54, 1.807) is 12.1 Å². The summed E-state index contributed by atoms with van der Waals surface area (Å²) in [6.07, 6.45) is 0. The molecule has 2 rings (SSSR count). The minimum absolute atomic E-state index is 0.120. The summed E-state index contributed by atoms with van der Waals surface area (Å²) in [6, 6.07) is 15.0. The smallest absolute Gasteiger partial charge is 0.269 e. The summed E-state index contributed by atoms with van der Waals surface area (Å²) in [5, 5.41) is 14.0. The molecule has 0 amide bonds. The SMILES string of the molecule is C[C@H](NCc1ccc([N+](=O)[O-])cc1)c1ccc(Br)cc1. The van der Waals surface area contributed by atoms with E-state index in [1.807, 2.05) is 12.1 Å². The van der Waals surface area contributed by atoms with E-state index in [-0.39, 0.29) is 16.7 Å². The van der Waals surface area contributed by atoms with Crippen molar-refractivity contribution < 1.29 is 4.92 Å². The molecule has 0 spiro atoms. The van der Waals surface area contributed by atoms with E-state index in [0.29, 0.717) is 6.54 Å². The van der Waals surface area contributed by atoms with E-state index < -0.39 is 0 Å². The van der Waals surface area contributed by atoms with Crippen LogP contribution in [0.3, 0.4) is 0 Å².